The molecule has 1 aliphatic heterocycles. The van der Waals surface area contributed by atoms with Gasteiger partial charge in [-0.1, -0.05) is 24.0 Å². The lowest BCUT2D eigenvalue weighted by molar-refractivity contribution is -0.113. The number of halogens is 2. The number of carbonyl (C=O) groups excluding carboxylic acids is 1. The zero-order chi connectivity index (χ0) is 18.1. The molecule has 8 heteroatoms. The van der Waals surface area contributed by atoms with E-state index in [1.165, 1.54) is 41.3 Å². The SMILES string of the molecule is O=C(O)c1ccc(N2C(=O)/C(=C\c3ccc(F)cc3F)SC2=S)cc1. The summed E-state index contributed by atoms with van der Waals surface area (Å²) in [6, 6.07) is 8.72. The number of thiocarbonyl (C=S) groups is 1. The number of anilines is 1. The highest BCUT2D eigenvalue weighted by Crippen LogP contribution is 2.36. The van der Waals surface area contributed by atoms with Crippen LogP contribution in [0.25, 0.3) is 6.08 Å². The van der Waals surface area contributed by atoms with Gasteiger partial charge in [0.15, 0.2) is 4.32 Å². The second-order valence-electron chi connectivity index (χ2n) is 5.03. The molecule has 0 bridgehead atoms. The minimum absolute atomic E-state index is 0.0723. The summed E-state index contributed by atoms with van der Waals surface area (Å²) in [7, 11) is 0. The average molecular weight is 377 g/mol. The first-order valence-corrected chi connectivity index (χ1v) is 8.15. The molecule has 1 saturated heterocycles. The molecular formula is C17H9F2NO3S2. The number of amides is 1. The molecule has 0 radical (unpaired) electrons. The Kier molecular flexibility index (Phi) is 4.65. The topological polar surface area (TPSA) is 57.6 Å². The number of hydrogen-bond acceptors (Lipinski definition) is 4. The fourth-order valence-electron chi connectivity index (χ4n) is 2.20. The molecule has 0 atom stereocenters. The standard InChI is InChI=1S/C17H9F2NO3S2/c18-11-4-1-10(13(19)8-11)7-14-15(21)20(17(24)25-14)12-5-2-9(3-6-12)16(22)23/h1-8H,(H,22,23)/b14-7+. The second kappa shape index (κ2) is 6.73. The van der Waals surface area contributed by atoms with Gasteiger partial charge in [-0.15, -0.1) is 0 Å². The van der Waals surface area contributed by atoms with Crippen molar-refractivity contribution in [2.75, 3.05) is 4.90 Å². The van der Waals surface area contributed by atoms with E-state index in [-0.39, 0.29) is 20.4 Å². The van der Waals surface area contributed by atoms with Crippen LogP contribution in [0.4, 0.5) is 14.5 Å². The Morgan fingerprint density at radius 1 is 1.16 bits per heavy atom. The van der Waals surface area contributed by atoms with Crippen molar-refractivity contribution in [3.63, 3.8) is 0 Å². The zero-order valence-corrected chi connectivity index (χ0v) is 14.0. The molecule has 2 aromatic carbocycles. The lowest BCUT2D eigenvalue weighted by atomic mass is 10.1. The molecular weight excluding hydrogens is 368 g/mol. The molecule has 0 spiro atoms. The summed E-state index contributed by atoms with van der Waals surface area (Å²) < 4.78 is 27.0. The summed E-state index contributed by atoms with van der Waals surface area (Å²) in [6.07, 6.45) is 1.31. The van der Waals surface area contributed by atoms with Gasteiger partial charge in [0.25, 0.3) is 5.91 Å². The Morgan fingerprint density at radius 3 is 2.44 bits per heavy atom. The highest BCUT2D eigenvalue weighted by atomic mass is 32.2. The number of aromatic carboxylic acids is 1. The molecule has 25 heavy (non-hydrogen) atoms. The first kappa shape index (κ1) is 17.2. The molecule has 0 unspecified atom stereocenters. The highest BCUT2D eigenvalue weighted by Gasteiger charge is 2.33. The number of benzene rings is 2. The van der Waals surface area contributed by atoms with Crippen molar-refractivity contribution in [2.45, 2.75) is 0 Å². The maximum Gasteiger partial charge on any atom is 0.335 e. The molecule has 0 aliphatic carbocycles. The molecule has 1 heterocycles. The lowest BCUT2D eigenvalue weighted by Crippen LogP contribution is -2.27. The van der Waals surface area contributed by atoms with Crippen LogP contribution in [0, 0.1) is 11.6 Å². The minimum atomic E-state index is -1.08. The average Bonchev–Trinajstić information content (AvgIpc) is 2.84. The molecule has 0 saturated carbocycles. The van der Waals surface area contributed by atoms with E-state index in [2.05, 4.69) is 0 Å². The minimum Gasteiger partial charge on any atom is -0.478 e. The summed E-state index contributed by atoms with van der Waals surface area (Å²) in [6.45, 7) is 0. The van der Waals surface area contributed by atoms with E-state index in [1.54, 1.807) is 0 Å². The predicted octanol–water partition coefficient (Wildman–Crippen LogP) is 4.07. The van der Waals surface area contributed by atoms with E-state index < -0.39 is 23.5 Å². The monoisotopic (exact) mass is 377 g/mol. The van der Waals surface area contributed by atoms with Crippen LogP contribution in [0.15, 0.2) is 47.4 Å². The second-order valence-corrected chi connectivity index (χ2v) is 6.71. The number of hydrogen-bond donors (Lipinski definition) is 1. The Labute approximate surface area is 150 Å². The number of carboxylic acid groups (broad SMARTS) is 1. The van der Waals surface area contributed by atoms with Gasteiger partial charge in [0, 0.05) is 11.6 Å². The molecule has 1 N–H and O–H groups in total. The predicted molar refractivity (Wildman–Crippen MR) is 95.4 cm³/mol. The van der Waals surface area contributed by atoms with Crippen molar-refractivity contribution in [3.05, 3.63) is 70.1 Å². The maximum atomic E-state index is 13.8. The Bertz CT molecular complexity index is 926. The summed E-state index contributed by atoms with van der Waals surface area (Å²) in [5.74, 6) is -3.03. The van der Waals surface area contributed by atoms with Gasteiger partial charge in [0.05, 0.1) is 16.2 Å². The largest absolute Gasteiger partial charge is 0.478 e. The van der Waals surface area contributed by atoms with Gasteiger partial charge >= 0.3 is 5.97 Å². The van der Waals surface area contributed by atoms with E-state index in [9.17, 15) is 18.4 Å². The van der Waals surface area contributed by atoms with Gasteiger partial charge in [-0.05, 0) is 42.5 Å². The van der Waals surface area contributed by atoms with Gasteiger partial charge in [-0.2, -0.15) is 0 Å². The van der Waals surface area contributed by atoms with E-state index in [4.69, 9.17) is 17.3 Å². The van der Waals surface area contributed by atoms with Crippen LogP contribution in [0.2, 0.25) is 0 Å². The van der Waals surface area contributed by atoms with Gasteiger partial charge in [-0.3, -0.25) is 9.69 Å². The summed E-state index contributed by atoms with van der Waals surface area (Å²) in [4.78, 5) is 24.9. The van der Waals surface area contributed by atoms with Crippen LogP contribution in [-0.4, -0.2) is 21.3 Å². The number of rotatable bonds is 3. The first-order chi connectivity index (χ1) is 11.9. The molecule has 0 aromatic heterocycles. The molecule has 3 rings (SSSR count). The van der Waals surface area contributed by atoms with Gasteiger partial charge in [0.1, 0.15) is 11.6 Å². The molecule has 1 aliphatic rings. The van der Waals surface area contributed by atoms with Crippen LogP contribution >= 0.6 is 24.0 Å². The fourth-order valence-corrected chi connectivity index (χ4v) is 3.49. The third-order valence-electron chi connectivity index (χ3n) is 3.42. The van der Waals surface area contributed by atoms with Crippen LogP contribution < -0.4 is 4.90 Å². The molecule has 1 amide bonds. The van der Waals surface area contributed by atoms with Crippen LogP contribution in [0.1, 0.15) is 15.9 Å². The van der Waals surface area contributed by atoms with E-state index in [0.29, 0.717) is 5.69 Å². The van der Waals surface area contributed by atoms with Crippen LogP contribution in [0.3, 0.4) is 0 Å². The van der Waals surface area contributed by atoms with Crippen molar-refractivity contribution in [3.8, 4) is 0 Å². The van der Waals surface area contributed by atoms with Crippen LogP contribution in [-0.2, 0) is 4.79 Å². The van der Waals surface area contributed by atoms with E-state index in [1.807, 2.05) is 0 Å². The van der Waals surface area contributed by atoms with Gasteiger partial charge in [-0.25, -0.2) is 13.6 Å². The van der Waals surface area contributed by atoms with Gasteiger partial charge < -0.3 is 5.11 Å². The van der Waals surface area contributed by atoms with Crippen LogP contribution in [0.5, 0.6) is 0 Å². The fraction of sp³-hybridized carbons (Fsp3) is 0. The number of thioether (sulfide) groups is 1. The van der Waals surface area contributed by atoms with E-state index in [0.717, 1.165) is 23.9 Å². The zero-order valence-electron chi connectivity index (χ0n) is 12.4. The highest BCUT2D eigenvalue weighted by molar-refractivity contribution is 8.27. The third-order valence-corrected chi connectivity index (χ3v) is 4.72. The van der Waals surface area contributed by atoms with E-state index >= 15 is 0 Å². The number of carbonyl (C=O) groups is 2. The number of carboxylic acids is 1. The molecule has 4 nitrogen and oxygen atoms in total. The number of nitrogens with zero attached hydrogens (tertiary/aromatic N) is 1. The van der Waals surface area contributed by atoms with Crippen molar-refractivity contribution in [1.29, 1.82) is 0 Å². The normalized spacial score (nSPS) is 15.9. The first-order valence-electron chi connectivity index (χ1n) is 6.93. The summed E-state index contributed by atoms with van der Waals surface area (Å²) in [5, 5.41) is 8.91. The summed E-state index contributed by atoms with van der Waals surface area (Å²) in [5.41, 5.74) is 0.566. The van der Waals surface area contributed by atoms with Gasteiger partial charge in [0.2, 0.25) is 0 Å². The maximum absolute atomic E-state index is 13.8. The molecule has 126 valence electrons. The molecule has 1 fully saturated rings. The smallest absolute Gasteiger partial charge is 0.335 e. The van der Waals surface area contributed by atoms with Crippen molar-refractivity contribution in [2.24, 2.45) is 0 Å². The van der Waals surface area contributed by atoms with Crippen molar-refractivity contribution < 1.29 is 23.5 Å². The Hall–Kier alpha value is -2.58. The molecule has 2 aromatic rings. The Morgan fingerprint density at radius 2 is 1.84 bits per heavy atom. The van der Waals surface area contributed by atoms with Crippen molar-refractivity contribution >= 4 is 51.9 Å². The Balaban J connectivity index is 1.92. The quantitative estimate of drug-likeness (QED) is 0.646. The third kappa shape index (κ3) is 3.45. The lowest BCUT2D eigenvalue weighted by Gasteiger charge is -2.14. The van der Waals surface area contributed by atoms with Crippen molar-refractivity contribution in [1.82, 2.24) is 0 Å². The summed E-state index contributed by atoms with van der Waals surface area (Å²) >= 11 is 6.18.